The Kier molecular flexibility index (Phi) is 4.96. The summed E-state index contributed by atoms with van der Waals surface area (Å²) in [4.78, 5) is 0. The zero-order valence-corrected chi connectivity index (χ0v) is 12.6. The predicted octanol–water partition coefficient (Wildman–Crippen LogP) is 4.46. The van der Waals surface area contributed by atoms with Crippen molar-refractivity contribution in [2.75, 3.05) is 0 Å². The van der Waals surface area contributed by atoms with Crippen molar-refractivity contribution < 1.29 is 13.9 Å². The second kappa shape index (κ2) is 6.31. The fourth-order valence-electron chi connectivity index (χ4n) is 2.97. The largest absolute Gasteiger partial charge is 0.392 e. The molecule has 4 heteroatoms. The summed E-state index contributed by atoms with van der Waals surface area (Å²) in [5, 5.41) is 10.2. The van der Waals surface area contributed by atoms with E-state index in [9.17, 15) is 13.9 Å². The SMILES string of the molecule is CCC1CCC(C(O)Cc2c(F)ccc(Br)c2F)C1. The van der Waals surface area contributed by atoms with Gasteiger partial charge >= 0.3 is 0 Å². The van der Waals surface area contributed by atoms with E-state index in [-0.39, 0.29) is 22.4 Å². The lowest BCUT2D eigenvalue weighted by molar-refractivity contribution is 0.106. The van der Waals surface area contributed by atoms with Gasteiger partial charge in [0, 0.05) is 12.0 Å². The third-order valence-electron chi connectivity index (χ3n) is 4.26. The Labute approximate surface area is 121 Å². The third kappa shape index (κ3) is 3.34. The molecule has 0 saturated heterocycles. The van der Waals surface area contributed by atoms with Gasteiger partial charge in [0.15, 0.2) is 0 Å². The molecule has 0 spiro atoms. The van der Waals surface area contributed by atoms with Gasteiger partial charge in [0.1, 0.15) is 11.6 Å². The minimum atomic E-state index is -0.658. The fraction of sp³-hybridized carbons (Fsp3) is 0.600. The van der Waals surface area contributed by atoms with Gasteiger partial charge in [-0.3, -0.25) is 0 Å². The second-order valence-electron chi connectivity index (χ2n) is 5.44. The minimum absolute atomic E-state index is 0.0122. The van der Waals surface area contributed by atoms with Crippen LogP contribution in [0.15, 0.2) is 16.6 Å². The van der Waals surface area contributed by atoms with Gasteiger partial charge in [0.25, 0.3) is 0 Å². The highest BCUT2D eigenvalue weighted by Crippen LogP contribution is 2.36. The standard InChI is InChI=1S/C15H19BrF2O/c1-2-9-3-4-10(7-9)14(19)8-11-13(17)6-5-12(16)15(11)18/h5-6,9-10,14,19H,2-4,7-8H2,1H3. The van der Waals surface area contributed by atoms with Crippen molar-refractivity contribution in [3.8, 4) is 0 Å². The summed E-state index contributed by atoms with van der Waals surface area (Å²) in [6.07, 6.45) is 3.55. The quantitative estimate of drug-likeness (QED) is 0.807. The topological polar surface area (TPSA) is 20.2 Å². The molecule has 1 aromatic rings. The van der Waals surface area contributed by atoms with Gasteiger partial charge in [-0.1, -0.05) is 19.8 Å². The van der Waals surface area contributed by atoms with Crippen molar-refractivity contribution in [3.05, 3.63) is 33.8 Å². The molecule has 1 N–H and O–H groups in total. The molecule has 1 nitrogen and oxygen atoms in total. The molecular weight excluding hydrogens is 314 g/mol. The van der Waals surface area contributed by atoms with E-state index in [1.54, 1.807) is 0 Å². The van der Waals surface area contributed by atoms with Gasteiger partial charge in [-0.2, -0.15) is 0 Å². The molecule has 2 rings (SSSR count). The van der Waals surface area contributed by atoms with Crippen molar-refractivity contribution in [1.29, 1.82) is 0 Å². The van der Waals surface area contributed by atoms with E-state index in [4.69, 9.17) is 0 Å². The van der Waals surface area contributed by atoms with Gasteiger partial charge in [-0.25, -0.2) is 8.78 Å². The molecule has 1 aliphatic carbocycles. The molecule has 3 unspecified atom stereocenters. The molecule has 0 heterocycles. The molecule has 0 amide bonds. The molecule has 0 aliphatic heterocycles. The molecule has 0 bridgehead atoms. The lowest BCUT2D eigenvalue weighted by Gasteiger charge is -2.19. The van der Waals surface area contributed by atoms with Crippen LogP contribution in [0.1, 0.15) is 38.2 Å². The van der Waals surface area contributed by atoms with Crippen LogP contribution >= 0.6 is 15.9 Å². The van der Waals surface area contributed by atoms with E-state index in [0.717, 1.165) is 25.7 Å². The molecule has 19 heavy (non-hydrogen) atoms. The van der Waals surface area contributed by atoms with Crippen LogP contribution in [0.5, 0.6) is 0 Å². The van der Waals surface area contributed by atoms with Crippen molar-refractivity contribution in [2.24, 2.45) is 11.8 Å². The lowest BCUT2D eigenvalue weighted by atomic mass is 9.93. The van der Waals surface area contributed by atoms with Crippen LogP contribution in [0.2, 0.25) is 0 Å². The molecule has 3 atom stereocenters. The lowest BCUT2D eigenvalue weighted by Crippen LogP contribution is -2.22. The number of rotatable bonds is 4. The van der Waals surface area contributed by atoms with Crippen LogP contribution in [0, 0.1) is 23.5 Å². The van der Waals surface area contributed by atoms with E-state index in [2.05, 4.69) is 22.9 Å². The van der Waals surface area contributed by atoms with Crippen molar-refractivity contribution >= 4 is 15.9 Å². The van der Waals surface area contributed by atoms with Gasteiger partial charge in [-0.15, -0.1) is 0 Å². The van der Waals surface area contributed by atoms with Gasteiger partial charge in [0.2, 0.25) is 0 Å². The molecule has 106 valence electrons. The van der Waals surface area contributed by atoms with Crippen LogP contribution in [0.3, 0.4) is 0 Å². The van der Waals surface area contributed by atoms with Crippen LogP contribution in [-0.2, 0) is 6.42 Å². The van der Waals surface area contributed by atoms with E-state index < -0.39 is 17.7 Å². The number of hydrogen-bond acceptors (Lipinski definition) is 1. The third-order valence-corrected chi connectivity index (χ3v) is 4.87. The second-order valence-corrected chi connectivity index (χ2v) is 6.29. The summed E-state index contributed by atoms with van der Waals surface area (Å²) < 4.78 is 27.7. The predicted molar refractivity (Wildman–Crippen MR) is 74.9 cm³/mol. The maximum Gasteiger partial charge on any atom is 0.143 e. The van der Waals surface area contributed by atoms with Crippen LogP contribution in [0.4, 0.5) is 8.78 Å². The van der Waals surface area contributed by atoms with Crippen LogP contribution in [-0.4, -0.2) is 11.2 Å². The van der Waals surface area contributed by atoms with E-state index in [0.29, 0.717) is 5.92 Å². The summed E-state index contributed by atoms with van der Waals surface area (Å²) >= 11 is 3.05. The Morgan fingerprint density at radius 2 is 2.11 bits per heavy atom. The highest BCUT2D eigenvalue weighted by atomic mass is 79.9. The first-order valence-electron chi connectivity index (χ1n) is 6.83. The summed E-state index contributed by atoms with van der Waals surface area (Å²) in [5.74, 6) is -0.353. The first-order valence-corrected chi connectivity index (χ1v) is 7.62. The average molecular weight is 333 g/mol. The highest BCUT2D eigenvalue weighted by Gasteiger charge is 2.30. The Balaban J connectivity index is 2.07. The zero-order chi connectivity index (χ0) is 14.0. The smallest absolute Gasteiger partial charge is 0.143 e. The summed E-state index contributed by atoms with van der Waals surface area (Å²) in [5.41, 5.74) is -0.0122. The normalized spacial score (nSPS) is 24.7. The van der Waals surface area contributed by atoms with Crippen LogP contribution < -0.4 is 0 Å². The van der Waals surface area contributed by atoms with E-state index >= 15 is 0 Å². The monoisotopic (exact) mass is 332 g/mol. The van der Waals surface area contributed by atoms with E-state index in [1.807, 2.05) is 0 Å². The van der Waals surface area contributed by atoms with Crippen molar-refractivity contribution in [2.45, 2.75) is 45.1 Å². The van der Waals surface area contributed by atoms with Gasteiger partial charge in [-0.05, 0) is 52.7 Å². The number of aliphatic hydroxyl groups excluding tert-OH is 1. The minimum Gasteiger partial charge on any atom is -0.392 e. The Morgan fingerprint density at radius 3 is 2.74 bits per heavy atom. The first kappa shape index (κ1) is 14.9. The summed E-state index contributed by atoms with van der Waals surface area (Å²) in [6.45, 7) is 2.15. The molecule has 0 aromatic heterocycles. The maximum atomic E-state index is 13.9. The maximum absolute atomic E-state index is 13.9. The van der Waals surface area contributed by atoms with E-state index in [1.165, 1.54) is 12.1 Å². The number of hydrogen-bond donors (Lipinski definition) is 1. The molecule has 0 radical (unpaired) electrons. The zero-order valence-electron chi connectivity index (χ0n) is 11.0. The number of aliphatic hydroxyl groups is 1. The van der Waals surface area contributed by atoms with Gasteiger partial charge < -0.3 is 5.11 Å². The highest BCUT2D eigenvalue weighted by molar-refractivity contribution is 9.10. The van der Waals surface area contributed by atoms with Crippen LogP contribution in [0.25, 0.3) is 0 Å². The molecule has 1 fully saturated rings. The van der Waals surface area contributed by atoms with Gasteiger partial charge in [0.05, 0.1) is 10.6 Å². The number of benzene rings is 1. The Morgan fingerprint density at radius 1 is 1.37 bits per heavy atom. The summed E-state index contributed by atoms with van der Waals surface area (Å²) in [7, 11) is 0. The Hall–Kier alpha value is -0.480. The molecule has 1 aromatic carbocycles. The number of halogens is 3. The summed E-state index contributed by atoms with van der Waals surface area (Å²) in [6, 6.07) is 2.59. The van der Waals surface area contributed by atoms with Crippen molar-refractivity contribution in [3.63, 3.8) is 0 Å². The molecular formula is C15H19BrF2O. The fourth-order valence-corrected chi connectivity index (χ4v) is 3.34. The Bertz CT molecular complexity index is 450. The molecule has 1 saturated carbocycles. The average Bonchev–Trinajstić information content (AvgIpc) is 2.88. The van der Waals surface area contributed by atoms with Crippen molar-refractivity contribution in [1.82, 2.24) is 0 Å². The molecule has 1 aliphatic rings. The first-order chi connectivity index (χ1) is 9.02.